The van der Waals surface area contributed by atoms with E-state index in [0.29, 0.717) is 22.6 Å². The van der Waals surface area contributed by atoms with Crippen LogP contribution in [0.25, 0.3) is 11.0 Å². The predicted molar refractivity (Wildman–Crippen MR) is 96.5 cm³/mol. The molecule has 3 aromatic rings. The lowest BCUT2D eigenvalue weighted by atomic mass is 9.99. The molecular formula is C18H21N5O2. The van der Waals surface area contributed by atoms with Crippen LogP contribution < -0.4 is 10.9 Å². The fourth-order valence-corrected chi connectivity index (χ4v) is 2.67. The number of nitrogens with one attached hydrogen (secondary N) is 1. The molecule has 0 saturated carbocycles. The number of aryl methyl sites for hydroxylation is 1. The van der Waals surface area contributed by atoms with Gasteiger partial charge in [0.05, 0.1) is 6.20 Å². The second kappa shape index (κ2) is 6.88. The maximum absolute atomic E-state index is 12.4. The number of benzene rings is 1. The topological polar surface area (TPSA) is 81.8 Å². The van der Waals surface area contributed by atoms with Crippen LogP contribution >= 0.6 is 0 Å². The zero-order valence-electron chi connectivity index (χ0n) is 14.6. The Bertz CT molecular complexity index is 956. The number of anilines is 1. The van der Waals surface area contributed by atoms with Crippen LogP contribution in [0, 0.1) is 0 Å². The van der Waals surface area contributed by atoms with Crippen LogP contribution in [-0.4, -0.2) is 25.2 Å². The number of hydrogen-bond acceptors (Lipinski definition) is 4. The highest BCUT2D eigenvalue weighted by Gasteiger charge is 2.11. The minimum atomic E-state index is -0.277. The van der Waals surface area contributed by atoms with Crippen LogP contribution in [0.15, 0.2) is 41.6 Å². The van der Waals surface area contributed by atoms with Crippen molar-refractivity contribution in [3.05, 3.63) is 52.7 Å². The summed E-state index contributed by atoms with van der Waals surface area (Å²) >= 11 is 0. The fraction of sp³-hybridized carbons (Fsp3) is 0.333. The molecule has 0 radical (unpaired) electrons. The summed E-state index contributed by atoms with van der Waals surface area (Å²) in [4.78, 5) is 28.8. The Hall–Kier alpha value is -2.96. The van der Waals surface area contributed by atoms with Gasteiger partial charge in [-0.25, -0.2) is 4.98 Å². The Balaban J connectivity index is 1.72. The second-order valence-corrected chi connectivity index (χ2v) is 6.16. The number of fused-ring (bicyclic) bond motifs is 1. The first kappa shape index (κ1) is 16.9. The Morgan fingerprint density at radius 1 is 1.28 bits per heavy atom. The summed E-state index contributed by atoms with van der Waals surface area (Å²) in [6, 6.07) is 7.79. The molecule has 25 heavy (non-hydrogen) atoms. The van der Waals surface area contributed by atoms with E-state index in [2.05, 4.69) is 29.2 Å². The van der Waals surface area contributed by atoms with Crippen molar-refractivity contribution in [3.63, 3.8) is 0 Å². The molecule has 0 fully saturated rings. The average Bonchev–Trinajstić information content (AvgIpc) is 2.99. The number of rotatable bonds is 5. The van der Waals surface area contributed by atoms with Crippen molar-refractivity contribution in [2.75, 3.05) is 5.32 Å². The van der Waals surface area contributed by atoms with Gasteiger partial charge in [0.2, 0.25) is 5.91 Å². The first-order chi connectivity index (χ1) is 12.0. The molecule has 1 N–H and O–H groups in total. The molecule has 1 amide bonds. The summed E-state index contributed by atoms with van der Waals surface area (Å²) in [7, 11) is 1.72. The van der Waals surface area contributed by atoms with Gasteiger partial charge in [0, 0.05) is 12.7 Å². The van der Waals surface area contributed by atoms with Crippen LogP contribution in [0.2, 0.25) is 0 Å². The highest BCUT2D eigenvalue weighted by Crippen LogP contribution is 2.20. The Morgan fingerprint density at radius 3 is 2.68 bits per heavy atom. The SMILES string of the molecule is CCC(C)c1ccc(NC(=O)Cn2cnc3c(cnn3C)c2=O)cc1. The molecule has 7 heteroatoms. The van der Waals surface area contributed by atoms with Crippen LogP contribution in [0.4, 0.5) is 5.69 Å². The molecule has 7 nitrogen and oxygen atoms in total. The zero-order valence-corrected chi connectivity index (χ0v) is 14.6. The van der Waals surface area contributed by atoms with Gasteiger partial charge in [0.25, 0.3) is 5.56 Å². The van der Waals surface area contributed by atoms with Gasteiger partial charge in [-0.15, -0.1) is 0 Å². The van der Waals surface area contributed by atoms with E-state index < -0.39 is 0 Å². The number of amides is 1. The molecule has 2 aromatic heterocycles. The number of aromatic nitrogens is 4. The minimum Gasteiger partial charge on any atom is -0.325 e. The zero-order chi connectivity index (χ0) is 18.0. The van der Waals surface area contributed by atoms with Crippen molar-refractivity contribution >= 4 is 22.6 Å². The molecule has 0 aliphatic carbocycles. The largest absolute Gasteiger partial charge is 0.325 e. The first-order valence-corrected chi connectivity index (χ1v) is 8.26. The lowest BCUT2D eigenvalue weighted by Gasteiger charge is -2.11. The van der Waals surface area contributed by atoms with E-state index in [4.69, 9.17) is 0 Å². The Kier molecular flexibility index (Phi) is 4.65. The third-order valence-electron chi connectivity index (χ3n) is 4.41. The predicted octanol–water partition coefficient (Wildman–Crippen LogP) is 2.28. The molecule has 0 bridgehead atoms. The third kappa shape index (κ3) is 3.45. The van der Waals surface area contributed by atoms with Crippen LogP contribution in [0.3, 0.4) is 0 Å². The van der Waals surface area contributed by atoms with E-state index in [-0.39, 0.29) is 18.0 Å². The summed E-state index contributed by atoms with van der Waals surface area (Å²) in [6.07, 6.45) is 3.91. The maximum Gasteiger partial charge on any atom is 0.264 e. The van der Waals surface area contributed by atoms with Crippen molar-refractivity contribution in [1.82, 2.24) is 19.3 Å². The molecule has 1 atom stereocenters. The lowest BCUT2D eigenvalue weighted by Crippen LogP contribution is -2.27. The van der Waals surface area contributed by atoms with E-state index in [1.54, 1.807) is 7.05 Å². The maximum atomic E-state index is 12.4. The van der Waals surface area contributed by atoms with Gasteiger partial charge in [-0.2, -0.15) is 5.10 Å². The normalized spacial score (nSPS) is 12.3. The van der Waals surface area contributed by atoms with Gasteiger partial charge >= 0.3 is 0 Å². The van der Waals surface area contributed by atoms with Crippen LogP contribution in [0.5, 0.6) is 0 Å². The van der Waals surface area contributed by atoms with Gasteiger partial charge in [-0.05, 0) is 30.0 Å². The number of hydrogen-bond donors (Lipinski definition) is 1. The number of carbonyl (C=O) groups excluding carboxylic acids is 1. The molecule has 0 aliphatic rings. The molecular weight excluding hydrogens is 318 g/mol. The van der Waals surface area contributed by atoms with Gasteiger partial charge in [0.1, 0.15) is 18.3 Å². The number of nitrogens with zero attached hydrogens (tertiary/aromatic N) is 4. The van der Waals surface area contributed by atoms with Crippen LogP contribution in [-0.2, 0) is 18.4 Å². The number of carbonyl (C=O) groups is 1. The van der Waals surface area contributed by atoms with Crippen molar-refractivity contribution in [3.8, 4) is 0 Å². The molecule has 0 spiro atoms. The summed E-state index contributed by atoms with van der Waals surface area (Å²) < 4.78 is 2.81. The first-order valence-electron chi connectivity index (χ1n) is 8.26. The Labute approximate surface area is 145 Å². The molecule has 3 rings (SSSR count). The smallest absolute Gasteiger partial charge is 0.264 e. The van der Waals surface area contributed by atoms with E-state index >= 15 is 0 Å². The Morgan fingerprint density at radius 2 is 2.00 bits per heavy atom. The monoisotopic (exact) mass is 339 g/mol. The van der Waals surface area contributed by atoms with Crippen molar-refractivity contribution < 1.29 is 4.79 Å². The molecule has 130 valence electrons. The molecule has 0 saturated heterocycles. The van der Waals surface area contributed by atoms with Crippen molar-refractivity contribution in [2.24, 2.45) is 7.05 Å². The molecule has 1 aromatic carbocycles. The third-order valence-corrected chi connectivity index (χ3v) is 4.41. The highest BCUT2D eigenvalue weighted by molar-refractivity contribution is 5.90. The fourth-order valence-electron chi connectivity index (χ4n) is 2.67. The molecule has 2 heterocycles. The van der Waals surface area contributed by atoms with E-state index in [9.17, 15) is 9.59 Å². The quantitative estimate of drug-likeness (QED) is 0.773. The van der Waals surface area contributed by atoms with Crippen molar-refractivity contribution in [2.45, 2.75) is 32.7 Å². The van der Waals surface area contributed by atoms with Crippen molar-refractivity contribution in [1.29, 1.82) is 0 Å². The van der Waals surface area contributed by atoms with Gasteiger partial charge in [0.15, 0.2) is 5.65 Å². The summed E-state index contributed by atoms with van der Waals surface area (Å²) in [5.41, 5.74) is 2.17. The molecule has 1 unspecified atom stereocenters. The lowest BCUT2D eigenvalue weighted by molar-refractivity contribution is -0.116. The molecule has 0 aliphatic heterocycles. The van der Waals surface area contributed by atoms with E-state index in [0.717, 1.165) is 6.42 Å². The highest BCUT2D eigenvalue weighted by atomic mass is 16.2. The summed E-state index contributed by atoms with van der Waals surface area (Å²) in [5, 5.41) is 7.22. The standard InChI is InChI=1S/C18H21N5O2/c1-4-12(2)13-5-7-14(8-6-13)21-16(24)10-23-11-19-17-15(18(23)25)9-20-22(17)3/h5-9,11-12H,4,10H2,1-3H3,(H,21,24). The summed E-state index contributed by atoms with van der Waals surface area (Å²) in [5.74, 6) is 0.212. The van der Waals surface area contributed by atoms with E-state index in [1.807, 2.05) is 24.3 Å². The second-order valence-electron chi connectivity index (χ2n) is 6.16. The minimum absolute atomic E-state index is 0.0935. The summed E-state index contributed by atoms with van der Waals surface area (Å²) in [6.45, 7) is 4.22. The van der Waals surface area contributed by atoms with Gasteiger partial charge in [-0.3, -0.25) is 18.8 Å². The van der Waals surface area contributed by atoms with Gasteiger partial charge < -0.3 is 5.32 Å². The van der Waals surface area contributed by atoms with E-state index in [1.165, 1.54) is 27.3 Å². The average molecular weight is 339 g/mol. The van der Waals surface area contributed by atoms with Crippen LogP contribution in [0.1, 0.15) is 31.7 Å². The van der Waals surface area contributed by atoms with Gasteiger partial charge in [-0.1, -0.05) is 26.0 Å².